The van der Waals surface area contributed by atoms with Gasteiger partial charge in [-0.1, -0.05) is 0 Å². The fourth-order valence-electron chi connectivity index (χ4n) is 2.00. The molecule has 1 fully saturated rings. The number of imide groups is 1. The van der Waals surface area contributed by atoms with E-state index in [0.717, 1.165) is 0 Å². The van der Waals surface area contributed by atoms with Crippen LogP contribution in [0.5, 0.6) is 0 Å². The molecule has 0 aliphatic carbocycles. The highest BCUT2D eigenvalue weighted by atomic mass is 16.6. The lowest BCUT2D eigenvalue weighted by molar-refractivity contribution is -0.134. The molecule has 8 heteroatoms. The highest BCUT2D eigenvalue weighted by Crippen LogP contribution is 2.12. The second kappa shape index (κ2) is 4.72. The van der Waals surface area contributed by atoms with Crippen LogP contribution in [0.15, 0.2) is 22.8 Å². The van der Waals surface area contributed by atoms with Crippen LogP contribution in [0.4, 0.5) is 0 Å². The molecule has 0 radical (unpaired) electrons. The predicted molar refractivity (Wildman–Crippen MR) is 65.4 cm³/mol. The van der Waals surface area contributed by atoms with Crippen molar-refractivity contribution in [1.29, 1.82) is 0 Å². The van der Waals surface area contributed by atoms with Crippen molar-refractivity contribution in [2.75, 3.05) is 0 Å². The molecule has 3 rings (SSSR count). The molecule has 0 saturated carbocycles. The maximum Gasteiger partial charge on any atom is 0.252 e. The van der Waals surface area contributed by atoms with Crippen molar-refractivity contribution < 1.29 is 19.0 Å². The van der Waals surface area contributed by atoms with E-state index in [9.17, 15) is 14.4 Å². The molecule has 2 N–H and O–H groups in total. The van der Waals surface area contributed by atoms with Crippen LogP contribution in [0.2, 0.25) is 0 Å². The van der Waals surface area contributed by atoms with Crippen LogP contribution in [0.25, 0.3) is 11.0 Å². The molecule has 102 valence electrons. The Balaban J connectivity index is 1.75. The van der Waals surface area contributed by atoms with Gasteiger partial charge in [0.15, 0.2) is 0 Å². The number of fused-ring (bicyclic) bond motifs is 1. The third-order valence-corrected chi connectivity index (χ3v) is 3.06. The van der Waals surface area contributed by atoms with Gasteiger partial charge >= 0.3 is 0 Å². The van der Waals surface area contributed by atoms with Crippen molar-refractivity contribution in [3.05, 3.63) is 23.8 Å². The Morgan fingerprint density at radius 2 is 2.10 bits per heavy atom. The van der Waals surface area contributed by atoms with E-state index in [-0.39, 0.29) is 12.3 Å². The van der Waals surface area contributed by atoms with Gasteiger partial charge in [-0.2, -0.15) is 0 Å². The van der Waals surface area contributed by atoms with Gasteiger partial charge in [0.1, 0.15) is 17.1 Å². The smallest absolute Gasteiger partial charge is 0.252 e. The average molecular weight is 274 g/mol. The monoisotopic (exact) mass is 274 g/mol. The minimum Gasteiger partial charge on any atom is -0.340 e. The lowest BCUT2D eigenvalue weighted by Gasteiger charge is -2.21. The Morgan fingerprint density at radius 3 is 2.90 bits per heavy atom. The summed E-state index contributed by atoms with van der Waals surface area (Å²) in [5, 5.41) is 12.0. The van der Waals surface area contributed by atoms with Gasteiger partial charge in [0.2, 0.25) is 11.8 Å². The standard InChI is InChI=1S/C12H10N4O4/c17-10-4-3-8(12(19)14-10)13-11(18)6-1-2-7-9(5-6)16-20-15-7/h1-2,5,8H,3-4H2,(H,13,18)(H,14,17,19)/t8-/m1/s1. The number of hydrogen-bond donors (Lipinski definition) is 2. The van der Waals surface area contributed by atoms with Gasteiger partial charge in [-0.3, -0.25) is 19.7 Å². The summed E-state index contributed by atoms with van der Waals surface area (Å²) < 4.78 is 4.55. The first-order chi connectivity index (χ1) is 9.63. The summed E-state index contributed by atoms with van der Waals surface area (Å²) in [6, 6.07) is 3.98. The van der Waals surface area contributed by atoms with E-state index in [1.807, 2.05) is 0 Å². The van der Waals surface area contributed by atoms with Crippen molar-refractivity contribution in [2.45, 2.75) is 18.9 Å². The quantitative estimate of drug-likeness (QED) is 0.730. The van der Waals surface area contributed by atoms with E-state index in [1.165, 1.54) is 6.07 Å². The number of carbonyl (C=O) groups is 3. The van der Waals surface area contributed by atoms with Crippen LogP contribution in [0, 0.1) is 0 Å². The molecule has 2 aromatic rings. The molecule has 1 aromatic carbocycles. The summed E-state index contributed by atoms with van der Waals surface area (Å²) in [5.41, 5.74) is 1.35. The summed E-state index contributed by atoms with van der Waals surface area (Å²) in [7, 11) is 0. The number of benzene rings is 1. The van der Waals surface area contributed by atoms with Crippen LogP contribution in [-0.4, -0.2) is 34.1 Å². The molecule has 1 aliphatic rings. The van der Waals surface area contributed by atoms with Crippen molar-refractivity contribution >= 4 is 28.8 Å². The SMILES string of the molecule is O=C1CC[C@@H](NC(=O)c2ccc3nonc3c2)C(=O)N1. The van der Waals surface area contributed by atoms with Crippen LogP contribution in [-0.2, 0) is 9.59 Å². The fraction of sp³-hybridized carbons (Fsp3) is 0.250. The Labute approximate surface area is 112 Å². The largest absolute Gasteiger partial charge is 0.340 e. The van der Waals surface area contributed by atoms with Gasteiger partial charge in [-0.25, -0.2) is 4.63 Å². The molecule has 2 heterocycles. The summed E-state index contributed by atoms with van der Waals surface area (Å²) in [5.74, 6) is -1.22. The number of piperidine rings is 1. The van der Waals surface area contributed by atoms with Crippen molar-refractivity contribution in [1.82, 2.24) is 20.9 Å². The third kappa shape index (κ3) is 2.22. The topological polar surface area (TPSA) is 114 Å². The van der Waals surface area contributed by atoms with Gasteiger partial charge in [0.25, 0.3) is 5.91 Å². The zero-order valence-corrected chi connectivity index (χ0v) is 10.3. The van der Waals surface area contributed by atoms with Gasteiger partial charge in [0.05, 0.1) is 0 Å². The molecule has 1 aromatic heterocycles. The van der Waals surface area contributed by atoms with E-state index in [4.69, 9.17) is 0 Å². The molecule has 3 amide bonds. The predicted octanol–water partition coefficient (Wildman–Crippen LogP) is -0.242. The third-order valence-electron chi connectivity index (χ3n) is 3.06. The Morgan fingerprint density at radius 1 is 1.30 bits per heavy atom. The van der Waals surface area contributed by atoms with E-state index in [0.29, 0.717) is 23.0 Å². The summed E-state index contributed by atoms with van der Waals surface area (Å²) in [6.07, 6.45) is 0.507. The number of rotatable bonds is 2. The second-order valence-corrected chi connectivity index (χ2v) is 4.44. The molecule has 1 saturated heterocycles. The number of amides is 3. The average Bonchev–Trinajstić information content (AvgIpc) is 2.89. The molecule has 1 aliphatic heterocycles. The highest BCUT2D eigenvalue weighted by Gasteiger charge is 2.28. The Hall–Kier alpha value is -2.77. The van der Waals surface area contributed by atoms with Crippen molar-refractivity contribution in [2.24, 2.45) is 0 Å². The van der Waals surface area contributed by atoms with Crippen LogP contribution < -0.4 is 10.6 Å². The number of nitrogens with zero attached hydrogens (tertiary/aromatic N) is 2. The van der Waals surface area contributed by atoms with E-state index < -0.39 is 17.9 Å². The normalized spacial score (nSPS) is 18.9. The van der Waals surface area contributed by atoms with Gasteiger partial charge in [-0.15, -0.1) is 0 Å². The first kappa shape index (κ1) is 12.3. The van der Waals surface area contributed by atoms with Gasteiger partial charge < -0.3 is 5.32 Å². The first-order valence-corrected chi connectivity index (χ1v) is 6.00. The van der Waals surface area contributed by atoms with Crippen molar-refractivity contribution in [3.63, 3.8) is 0 Å². The number of carbonyl (C=O) groups excluding carboxylic acids is 3. The molecule has 0 unspecified atom stereocenters. The molecular weight excluding hydrogens is 264 g/mol. The second-order valence-electron chi connectivity index (χ2n) is 4.44. The molecular formula is C12H10N4O4. The molecule has 0 bridgehead atoms. The lowest BCUT2D eigenvalue weighted by atomic mass is 10.1. The Bertz CT molecular complexity index is 708. The summed E-state index contributed by atoms with van der Waals surface area (Å²) >= 11 is 0. The fourth-order valence-corrected chi connectivity index (χ4v) is 2.00. The minimum absolute atomic E-state index is 0.211. The first-order valence-electron chi connectivity index (χ1n) is 6.00. The molecule has 20 heavy (non-hydrogen) atoms. The molecule has 1 atom stereocenters. The zero-order chi connectivity index (χ0) is 14.1. The number of hydrogen-bond acceptors (Lipinski definition) is 6. The van der Waals surface area contributed by atoms with Gasteiger partial charge in [0, 0.05) is 12.0 Å². The summed E-state index contributed by atoms with van der Waals surface area (Å²) in [4.78, 5) is 34.6. The van der Waals surface area contributed by atoms with E-state index in [1.54, 1.807) is 12.1 Å². The van der Waals surface area contributed by atoms with Crippen LogP contribution >= 0.6 is 0 Å². The van der Waals surface area contributed by atoms with Gasteiger partial charge in [-0.05, 0) is 34.9 Å². The van der Waals surface area contributed by atoms with Crippen LogP contribution in [0.3, 0.4) is 0 Å². The highest BCUT2D eigenvalue weighted by molar-refractivity contribution is 6.04. The van der Waals surface area contributed by atoms with Crippen molar-refractivity contribution in [3.8, 4) is 0 Å². The molecule has 0 spiro atoms. The van der Waals surface area contributed by atoms with E-state index in [2.05, 4.69) is 25.6 Å². The minimum atomic E-state index is -0.702. The lowest BCUT2D eigenvalue weighted by Crippen LogP contribution is -2.52. The maximum absolute atomic E-state index is 12.1. The Kier molecular flexibility index (Phi) is 2.90. The summed E-state index contributed by atoms with van der Waals surface area (Å²) in [6.45, 7) is 0. The maximum atomic E-state index is 12.1. The van der Waals surface area contributed by atoms with E-state index >= 15 is 0 Å². The number of aromatic nitrogens is 2. The number of nitrogens with one attached hydrogen (secondary N) is 2. The molecule has 8 nitrogen and oxygen atoms in total. The van der Waals surface area contributed by atoms with Crippen LogP contribution in [0.1, 0.15) is 23.2 Å². The zero-order valence-electron chi connectivity index (χ0n) is 10.3.